The quantitative estimate of drug-likeness (QED) is 0.831. The van der Waals surface area contributed by atoms with Crippen molar-refractivity contribution in [2.45, 2.75) is 12.8 Å². The van der Waals surface area contributed by atoms with Crippen LogP contribution in [0.25, 0.3) is 0 Å². The fourth-order valence-corrected chi connectivity index (χ4v) is 3.03. The zero-order valence-corrected chi connectivity index (χ0v) is 14.6. The minimum atomic E-state index is -0.0795. The Hall–Kier alpha value is -1.72. The lowest BCUT2D eigenvalue weighted by atomic mass is 10.1. The maximum atomic E-state index is 12.1. The van der Waals surface area contributed by atoms with E-state index in [4.69, 9.17) is 21.1 Å². The highest BCUT2D eigenvalue weighted by molar-refractivity contribution is 9.10. The third kappa shape index (κ3) is 4.18. The van der Waals surface area contributed by atoms with Crippen molar-refractivity contribution in [3.63, 3.8) is 0 Å². The Bertz CT molecular complexity index is 736. The molecule has 0 aliphatic carbocycles. The first-order chi connectivity index (χ1) is 11.1. The minimum absolute atomic E-state index is 0.0795. The monoisotopic (exact) mass is 395 g/mol. The smallest absolute Gasteiger partial charge is 0.224 e. The number of nitrogens with one attached hydrogen (secondary N) is 1. The number of ether oxygens (including phenoxy) is 2. The number of rotatable bonds is 4. The second-order valence-corrected chi connectivity index (χ2v) is 6.47. The zero-order valence-electron chi connectivity index (χ0n) is 12.3. The summed E-state index contributed by atoms with van der Waals surface area (Å²) < 4.78 is 11.9. The van der Waals surface area contributed by atoms with Crippen LogP contribution in [0.4, 0.5) is 5.69 Å². The third-order valence-corrected chi connectivity index (χ3v) is 4.26. The molecule has 2 aromatic carbocycles. The van der Waals surface area contributed by atoms with E-state index in [9.17, 15) is 4.79 Å². The van der Waals surface area contributed by atoms with E-state index >= 15 is 0 Å². The Labute approximate surface area is 147 Å². The first-order valence-electron chi connectivity index (χ1n) is 7.25. The van der Waals surface area contributed by atoms with Gasteiger partial charge in [-0.3, -0.25) is 4.79 Å². The summed E-state index contributed by atoms with van der Waals surface area (Å²) in [5, 5.41) is 3.33. The Morgan fingerprint density at radius 2 is 1.91 bits per heavy atom. The van der Waals surface area contributed by atoms with Gasteiger partial charge in [0.2, 0.25) is 5.91 Å². The van der Waals surface area contributed by atoms with Gasteiger partial charge in [0.05, 0.1) is 10.7 Å². The van der Waals surface area contributed by atoms with Crippen LogP contribution in [0.2, 0.25) is 5.02 Å². The van der Waals surface area contributed by atoms with Crippen LogP contribution in [0.15, 0.2) is 40.9 Å². The normalized spacial score (nSPS) is 12.8. The zero-order chi connectivity index (χ0) is 16.2. The van der Waals surface area contributed by atoms with Crippen molar-refractivity contribution in [1.82, 2.24) is 0 Å². The molecule has 1 aliphatic heterocycles. The molecule has 1 aliphatic rings. The van der Waals surface area contributed by atoms with Crippen LogP contribution in [0.3, 0.4) is 0 Å². The summed E-state index contributed by atoms with van der Waals surface area (Å²) in [6.45, 7) is 1.13. The van der Waals surface area contributed by atoms with E-state index in [0.29, 0.717) is 36.8 Å². The van der Waals surface area contributed by atoms with Crippen LogP contribution in [0.1, 0.15) is 12.0 Å². The van der Waals surface area contributed by atoms with E-state index in [1.807, 2.05) is 24.3 Å². The van der Waals surface area contributed by atoms with Gasteiger partial charge in [-0.15, -0.1) is 0 Å². The topological polar surface area (TPSA) is 47.6 Å². The summed E-state index contributed by atoms with van der Waals surface area (Å²) in [4.78, 5) is 12.1. The van der Waals surface area contributed by atoms with Crippen LogP contribution in [0, 0.1) is 0 Å². The molecule has 1 amide bonds. The lowest BCUT2D eigenvalue weighted by Gasteiger charge is -2.18. The Kier molecular flexibility index (Phi) is 5.08. The van der Waals surface area contributed by atoms with Crippen molar-refractivity contribution in [3.05, 3.63) is 51.5 Å². The number of amides is 1. The highest BCUT2D eigenvalue weighted by atomic mass is 79.9. The predicted molar refractivity (Wildman–Crippen MR) is 93.5 cm³/mol. The molecular weight excluding hydrogens is 382 g/mol. The van der Waals surface area contributed by atoms with Crippen molar-refractivity contribution < 1.29 is 14.3 Å². The van der Waals surface area contributed by atoms with Gasteiger partial charge in [0, 0.05) is 10.9 Å². The Morgan fingerprint density at radius 1 is 1.13 bits per heavy atom. The first-order valence-corrected chi connectivity index (χ1v) is 8.42. The molecule has 4 nitrogen and oxygen atoms in total. The van der Waals surface area contributed by atoms with Gasteiger partial charge in [0.1, 0.15) is 13.2 Å². The van der Waals surface area contributed by atoms with E-state index < -0.39 is 0 Å². The Morgan fingerprint density at radius 3 is 2.70 bits per heavy atom. The number of hydrogen-bond donors (Lipinski definition) is 1. The maximum Gasteiger partial charge on any atom is 0.224 e. The van der Waals surface area contributed by atoms with Gasteiger partial charge in [0.15, 0.2) is 11.5 Å². The molecule has 0 radical (unpaired) electrons. The maximum absolute atomic E-state index is 12.1. The van der Waals surface area contributed by atoms with E-state index in [-0.39, 0.29) is 5.91 Å². The summed E-state index contributed by atoms with van der Waals surface area (Å²) in [5.41, 5.74) is 1.65. The highest BCUT2D eigenvalue weighted by Gasteiger charge is 2.12. The number of halogens is 2. The molecule has 0 saturated heterocycles. The molecule has 23 heavy (non-hydrogen) atoms. The van der Waals surface area contributed by atoms with Gasteiger partial charge in [0.25, 0.3) is 0 Å². The molecule has 0 atom stereocenters. The molecule has 1 N–H and O–H groups in total. The summed E-state index contributed by atoms with van der Waals surface area (Å²) in [5.74, 6) is 1.42. The standard InChI is InChI=1S/C17H15BrClNO3/c18-12-3-4-14(13(19)10-12)20-17(21)6-2-11-1-5-15-16(9-11)23-8-7-22-15/h1,3-5,9-10H,2,6-8H2,(H,20,21). The van der Waals surface area contributed by atoms with E-state index in [2.05, 4.69) is 21.2 Å². The van der Waals surface area contributed by atoms with Gasteiger partial charge in [-0.05, 0) is 42.3 Å². The summed E-state index contributed by atoms with van der Waals surface area (Å²) in [6, 6.07) is 11.1. The molecular formula is C17H15BrClNO3. The van der Waals surface area contributed by atoms with Crippen LogP contribution in [-0.2, 0) is 11.2 Å². The largest absolute Gasteiger partial charge is 0.486 e. The number of fused-ring (bicyclic) bond motifs is 1. The van der Waals surface area contributed by atoms with E-state index in [0.717, 1.165) is 21.5 Å². The number of aryl methyl sites for hydroxylation is 1. The fourth-order valence-electron chi connectivity index (χ4n) is 2.30. The second kappa shape index (κ2) is 7.23. The van der Waals surface area contributed by atoms with Crippen molar-refractivity contribution in [3.8, 4) is 11.5 Å². The third-order valence-electron chi connectivity index (χ3n) is 3.45. The van der Waals surface area contributed by atoms with Crippen molar-refractivity contribution in [2.75, 3.05) is 18.5 Å². The number of benzene rings is 2. The molecule has 6 heteroatoms. The number of anilines is 1. The average Bonchev–Trinajstić information content (AvgIpc) is 2.55. The number of hydrogen-bond acceptors (Lipinski definition) is 3. The van der Waals surface area contributed by atoms with Gasteiger partial charge in [-0.2, -0.15) is 0 Å². The Balaban J connectivity index is 1.58. The van der Waals surface area contributed by atoms with E-state index in [1.54, 1.807) is 12.1 Å². The molecule has 1 heterocycles. The summed E-state index contributed by atoms with van der Waals surface area (Å²) in [6.07, 6.45) is 0.989. The number of carbonyl (C=O) groups is 1. The average molecular weight is 397 g/mol. The fraction of sp³-hybridized carbons (Fsp3) is 0.235. The van der Waals surface area contributed by atoms with Crippen LogP contribution in [-0.4, -0.2) is 19.1 Å². The van der Waals surface area contributed by atoms with Crippen molar-refractivity contribution >= 4 is 39.1 Å². The molecule has 0 bridgehead atoms. The number of carbonyl (C=O) groups excluding carboxylic acids is 1. The molecule has 3 rings (SSSR count). The molecule has 2 aromatic rings. The van der Waals surface area contributed by atoms with Crippen molar-refractivity contribution in [1.29, 1.82) is 0 Å². The van der Waals surface area contributed by atoms with Gasteiger partial charge in [-0.1, -0.05) is 33.6 Å². The van der Waals surface area contributed by atoms with Gasteiger partial charge in [-0.25, -0.2) is 0 Å². The lowest BCUT2D eigenvalue weighted by molar-refractivity contribution is -0.116. The predicted octanol–water partition coefficient (Wildman–Crippen LogP) is 4.45. The second-order valence-electron chi connectivity index (χ2n) is 5.15. The molecule has 0 unspecified atom stereocenters. The first kappa shape index (κ1) is 16.1. The highest BCUT2D eigenvalue weighted by Crippen LogP contribution is 2.31. The van der Waals surface area contributed by atoms with Crippen LogP contribution >= 0.6 is 27.5 Å². The van der Waals surface area contributed by atoms with Crippen LogP contribution in [0.5, 0.6) is 11.5 Å². The molecule has 0 fully saturated rings. The minimum Gasteiger partial charge on any atom is -0.486 e. The molecule has 120 valence electrons. The molecule has 0 saturated carbocycles. The van der Waals surface area contributed by atoms with E-state index in [1.165, 1.54) is 0 Å². The summed E-state index contributed by atoms with van der Waals surface area (Å²) >= 11 is 9.43. The van der Waals surface area contributed by atoms with Crippen LogP contribution < -0.4 is 14.8 Å². The summed E-state index contributed by atoms with van der Waals surface area (Å²) in [7, 11) is 0. The van der Waals surface area contributed by atoms with Gasteiger partial charge < -0.3 is 14.8 Å². The van der Waals surface area contributed by atoms with Gasteiger partial charge >= 0.3 is 0 Å². The van der Waals surface area contributed by atoms with Crippen molar-refractivity contribution in [2.24, 2.45) is 0 Å². The molecule has 0 aromatic heterocycles. The lowest BCUT2D eigenvalue weighted by Crippen LogP contribution is -2.16. The molecule has 0 spiro atoms. The SMILES string of the molecule is O=C(CCc1ccc2c(c1)OCCO2)Nc1ccc(Br)cc1Cl.